The van der Waals surface area contributed by atoms with Crippen molar-refractivity contribution in [1.29, 1.82) is 0 Å². The van der Waals surface area contributed by atoms with Crippen LogP contribution >= 0.6 is 0 Å². The molecule has 2 aromatic rings. The van der Waals surface area contributed by atoms with E-state index in [-0.39, 0.29) is 24.7 Å². The van der Waals surface area contributed by atoms with Gasteiger partial charge in [-0.3, -0.25) is 19.3 Å². The molecule has 35 heavy (non-hydrogen) atoms. The molecule has 0 saturated carbocycles. The Kier molecular flexibility index (Phi) is 5.70. The van der Waals surface area contributed by atoms with Crippen LogP contribution in [0.1, 0.15) is 41.6 Å². The molecule has 0 aliphatic carbocycles. The fraction of sp³-hybridized carbons (Fsp3) is 0.385. The summed E-state index contributed by atoms with van der Waals surface area (Å²) >= 11 is 0. The van der Waals surface area contributed by atoms with Gasteiger partial charge in [-0.15, -0.1) is 0 Å². The molecular weight excluding hydrogens is 448 g/mol. The molecule has 0 bridgehead atoms. The minimum Gasteiger partial charge on any atom is -0.452 e. The van der Waals surface area contributed by atoms with E-state index in [1.54, 1.807) is 24.3 Å². The number of fused-ring (bicyclic) bond motifs is 3. The quantitative estimate of drug-likeness (QED) is 0.667. The molecule has 0 spiro atoms. The van der Waals surface area contributed by atoms with Crippen LogP contribution in [0.25, 0.3) is 0 Å². The van der Waals surface area contributed by atoms with E-state index in [2.05, 4.69) is 10.2 Å². The summed E-state index contributed by atoms with van der Waals surface area (Å²) in [7, 11) is 1.48. The van der Waals surface area contributed by atoms with Crippen molar-refractivity contribution in [1.82, 2.24) is 4.90 Å². The van der Waals surface area contributed by atoms with E-state index >= 15 is 0 Å². The summed E-state index contributed by atoms with van der Waals surface area (Å²) < 4.78 is 5.40. The molecule has 3 heterocycles. The standard InChI is InChI=1S/C26H28N4O5/c1-17-15-18(29-13-5-6-14-29)9-10-20(17)27-22(31)16-35-25(34)26-12-11-23(32)30(26)21-8-4-3-7-19(21)24(33)28(26)2/h3-4,7-10,15H,5-6,11-14,16H2,1-2H3,(H,27,31). The van der Waals surface area contributed by atoms with E-state index in [0.29, 0.717) is 16.9 Å². The Hall–Kier alpha value is -3.88. The highest BCUT2D eigenvalue weighted by atomic mass is 16.5. The zero-order chi connectivity index (χ0) is 24.7. The maximum absolute atomic E-state index is 13.3. The summed E-state index contributed by atoms with van der Waals surface area (Å²) in [6, 6.07) is 12.6. The third-order valence-electron chi connectivity index (χ3n) is 7.16. The van der Waals surface area contributed by atoms with Gasteiger partial charge in [-0.1, -0.05) is 12.1 Å². The lowest BCUT2D eigenvalue weighted by atomic mass is 9.97. The largest absolute Gasteiger partial charge is 0.452 e. The van der Waals surface area contributed by atoms with Gasteiger partial charge < -0.3 is 19.9 Å². The zero-order valence-electron chi connectivity index (χ0n) is 19.9. The number of rotatable bonds is 5. The van der Waals surface area contributed by atoms with Crippen molar-refractivity contribution in [2.75, 3.05) is 41.9 Å². The molecule has 5 rings (SSSR count). The van der Waals surface area contributed by atoms with Crippen LogP contribution in [0.2, 0.25) is 0 Å². The van der Waals surface area contributed by atoms with E-state index in [4.69, 9.17) is 4.74 Å². The second-order valence-corrected chi connectivity index (χ2v) is 9.24. The first-order valence-corrected chi connectivity index (χ1v) is 11.9. The van der Waals surface area contributed by atoms with Crippen molar-refractivity contribution in [3.8, 4) is 0 Å². The third-order valence-corrected chi connectivity index (χ3v) is 7.16. The summed E-state index contributed by atoms with van der Waals surface area (Å²) in [5, 5.41) is 2.79. The van der Waals surface area contributed by atoms with Crippen LogP contribution in [-0.2, 0) is 19.1 Å². The second kappa shape index (κ2) is 8.72. The van der Waals surface area contributed by atoms with Crippen molar-refractivity contribution in [2.24, 2.45) is 0 Å². The predicted molar refractivity (Wildman–Crippen MR) is 130 cm³/mol. The van der Waals surface area contributed by atoms with Gasteiger partial charge in [-0.05, 0) is 55.7 Å². The van der Waals surface area contributed by atoms with Crippen molar-refractivity contribution in [3.05, 3.63) is 53.6 Å². The fourth-order valence-corrected chi connectivity index (χ4v) is 5.28. The highest BCUT2D eigenvalue weighted by Gasteiger charge is 2.60. The lowest BCUT2D eigenvalue weighted by Gasteiger charge is -2.46. The van der Waals surface area contributed by atoms with Gasteiger partial charge >= 0.3 is 5.97 Å². The predicted octanol–water partition coefficient (Wildman–Crippen LogP) is 2.69. The first-order valence-electron chi connectivity index (χ1n) is 11.9. The summed E-state index contributed by atoms with van der Waals surface area (Å²) in [6.07, 6.45) is 2.55. The van der Waals surface area contributed by atoms with E-state index in [0.717, 1.165) is 24.3 Å². The summed E-state index contributed by atoms with van der Waals surface area (Å²) in [6.45, 7) is 3.45. The lowest BCUT2D eigenvalue weighted by molar-refractivity contribution is -0.158. The number of amides is 3. The topological polar surface area (TPSA) is 99.3 Å². The number of likely N-dealkylation sites (N-methyl/N-ethyl adjacent to an activating group) is 1. The molecule has 1 N–H and O–H groups in total. The molecule has 9 heteroatoms. The van der Waals surface area contributed by atoms with Crippen LogP contribution in [0.5, 0.6) is 0 Å². The van der Waals surface area contributed by atoms with Gasteiger partial charge in [0.05, 0.1) is 11.3 Å². The van der Waals surface area contributed by atoms with Gasteiger partial charge in [0.2, 0.25) is 11.6 Å². The maximum Gasteiger partial charge on any atom is 0.354 e. The number of carbonyl (C=O) groups is 4. The van der Waals surface area contributed by atoms with Gasteiger partial charge in [0, 0.05) is 44.4 Å². The van der Waals surface area contributed by atoms with Gasteiger partial charge in [-0.25, -0.2) is 4.79 Å². The first-order chi connectivity index (χ1) is 16.8. The smallest absolute Gasteiger partial charge is 0.354 e. The molecule has 3 aliphatic heterocycles. The molecule has 0 radical (unpaired) electrons. The minimum atomic E-state index is -1.60. The molecule has 2 fully saturated rings. The van der Waals surface area contributed by atoms with Gasteiger partial charge in [0.15, 0.2) is 6.61 Å². The van der Waals surface area contributed by atoms with Crippen molar-refractivity contribution >= 4 is 40.8 Å². The summed E-state index contributed by atoms with van der Waals surface area (Å²) in [5.74, 6) is -1.94. The Morgan fingerprint density at radius 2 is 1.83 bits per heavy atom. The van der Waals surface area contributed by atoms with E-state index < -0.39 is 24.1 Å². The monoisotopic (exact) mass is 476 g/mol. The number of nitrogens with zero attached hydrogens (tertiary/aromatic N) is 3. The van der Waals surface area contributed by atoms with Crippen LogP contribution in [0.3, 0.4) is 0 Å². The van der Waals surface area contributed by atoms with Gasteiger partial charge in [0.1, 0.15) is 0 Å². The molecule has 0 aromatic heterocycles. The molecule has 1 atom stereocenters. The summed E-state index contributed by atoms with van der Waals surface area (Å²) in [4.78, 5) is 56.7. The normalized spacial score (nSPS) is 21.1. The van der Waals surface area contributed by atoms with Crippen LogP contribution in [-0.4, -0.2) is 61.0 Å². The number of para-hydroxylation sites is 1. The van der Waals surface area contributed by atoms with Crippen molar-refractivity contribution < 1.29 is 23.9 Å². The molecule has 3 amide bonds. The maximum atomic E-state index is 13.3. The van der Waals surface area contributed by atoms with E-state index in [1.165, 1.54) is 29.7 Å². The average molecular weight is 477 g/mol. The fourth-order valence-electron chi connectivity index (χ4n) is 5.28. The van der Waals surface area contributed by atoms with Crippen LogP contribution in [0.4, 0.5) is 17.1 Å². The first kappa shape index (κ1) is 22.9. The molecule has 2 aromatic carbocycles. The summed E-state index contributed by atoms with van der Waals surface area (Å²) in [5.41, 5.74) is 1.81. The molecular formula is C26H28N4O5. The zero-order valence-corrected chi connectivity index (χ0v) is 19.9. The van der Waals surface area contributed by atoms with Crippen LogP contribution in [0.15, 0.2) is 42.5 Å². The average Bonchev–Trinajstić information content (AvgIpc) is 3.51. The molecule has 3 aliphatic rings. The number of ether oxygens (including phenoxy) is 1. The number of hydrogen-bond acceptors (Lipinski definition) is 6. The number of anilines is 3. The van der Waals surface area contributed by atoms with Crippen LogP contribution in [0, 0.1) is 6.92 Å². The van der Waals surface area contributed by atoms with Crippen molar-refractivity contribution in [2.45, 2.75) is 38.3 Å². The van der Waals surface area contributed by atoms with E-state index in [1.807, 2.05) is 25.1 Å². The minimum absolute atomic E-state index is 0.0931. The number of nitrogens with one attached hydrogen (secondary N) is 1. The Balaban J connectivity index is 1.29. The third kappa shape index (κ3) is 3.71. The molecule has 2 saturated heterocycles. The molecule has 9 nitrogen and oxygen atoms in total. The van der Waals surface area contributed by atoms with Gasteiger partial charge in [-0.2, -0.15) is 0 Å². The van der Waals surface area contributed by atoms with Gasteiger partial charge in [0.25, 0.3) is 11.8 Å². The number of carbonyl (C=O) groups excluding carboxylic acids is 4. The SMILES string of the molecule is Cc1cc(N2CCCC2)ccc1NC(=O)COC(=O)C12CCC(=O)N1c1ccccc1C(=O)N2C. The second-order valence-electron chi connectivity index (χ2n) is 9.24. The highest BCUT2D eigenvalue weighted by Crippen LogP contribution is 2.44. The number of benzene rings is 2. The number of esters is 1. The number of aryl methyl sites for hydroxylation is 1. The Labute approximate surface area is 203 Å². The van der Waals surface area contributed by atoms with Crippen molar-refractivity contribution in [3.63, 3.8) is 0 Å². The highest BCUT2D eigenvalue weighted by molar-refractivity contribution is 6.15. The molecule has 1 unspecified atom stereocenters. The van der Waals surface area contributed by atoms with Crippen LogP contribution < -0.4 is 15.1 Å². The Bertz CT molecular complexity index is 1220. The lowest BCUT2D eigenvalue weighted by Crippen LogP contribution is -2.67. The molecule has 182 valence electrons. The number of hydrogen-bond donors (Lipinski definition) is 1. The Morgan fingerprint density at radius 3 is 2.57 bits per heavy atom. The van der Waals surface area contributed by atoms with E-state index in [9.17, 15) is 19.2 Å². The Morgan fingerprint density at radius 1 is 1.09 bits per heavy atom.